The molecule has 2 rings (SSSR count). The second kappa shape index (κ2) is 6.66. The molecule has 0 spiro atoms. The molecule has 0 aromatic carbocycles. The predicted molar refractivity (Wildman–Crippen MR) is 76.8 cm³/mol. The van der Waals surface area contributed by atoms with Crippen LogP contribution in [0.3, 0.4) is 0 Å². The molecule has 1 aliphatic rings. The molecule has 3 unspecified atom stereocenters. The first-order valence-electron chi connectivity index (χ1n) is 6.79. The van der Waals surface area contributed by atoms with E-state index in [1.807, 2.05) is 11.3 Å². The highest BCUT2D eigenvalue weighted by molar-refractivity contribution is 7.10. The molecule has 4 heteroatoms. The molecule has 1 aromatic rings. The standard InChI is InChI=1S/C14H24N2OS/c1-10(6-8-17-2)14(16-15)12-4-3-5-13-11(12)7-9-18-13/h7,9-10,12,14,16H,3-6,8,15H2,1-2H3. The number of nitrogens with one attached hydrogen (secondary N) is 1. The molecule has 0 aliphatic heterocycles. The second-order valence-corrected chi connectivity index (χ2v) is 6.25. The van der Waals surface area contributed by atoms with Crippen LogP contribution in [0.25, 0.3) is 0 Å². The van der Waals surface area contributed by atoms with Gasteiger partial charge in [-0.15, -0.1) is 11.3 Å². The largest absolute Gasteiger partial charge is 0.385 e. The molecule has 0 saturated carbocycles. The number of fused-ring (bicyclic) bond motifs is 1. The van der Waals surface area contributed by atoms with E-state index >= 15 is 0 Å². The number of hydrogen-bond donors (Lipinski definition) is 2. The minimum absolute atomic E-state index is 0.355. The van der Waals surface area contributed by atoms with Crippen molar-refractivity contribution in [2.75, 3.05) is 13.7 Å². The molecule has 102 valence electrons. The van der Waals surface area contributed by atoms with Gasteiger partial charge in [0.1, 0.15) is 0 Å². The third kappa shape index (κ3) is 2.94. The zero-order chi connectivity index (χ0) is 13.0. The van der Waals surface area contributed by atoms with E-state index in [-0.39, 0.29) is 0 Å². The van der Waals surface area contributed by atoms with Gasteiger partial charge in [0.05, 0.1) is 0 Å². The van der Waals surface area contributed by atoms with E-state index in [1.54, 1.807) is 12.0 Å². The summed E-state index contributed by atoms with van der Waals surface area (Å²) in [5.41, 5.74) is 4.59. The number of methoxy groups -OCH3 is 1. The highest BCUT2D eigenvalue weighted by Crippen LogP contribution is 2.39. The number of rotatable bonds is 6. The van der Waals surface area contributed by atoms with Crippen molar-refractivity contribution >= 4 is 11.3 Å². The fourth-order valence-corrected chi connectivity index (χ4v) is 4.05. The maximum atomic E-state index is 5.81. The van der Waals surface area contributed by atoms with Gasteiger partial charge in [-0.2, -0.15) is 0 Å². The number of ether oxygens (including phenoxy) is 1. The number of aryl methyl sites for hydroxylation is 1. The number of thiophene rings is 1. The van der Waals surface area contributed by atoms with Crippen LogP contribution in [0.2, 0.25) is 0 Å². The van der Waals surface area contributed by atoms with Gasteiger partial charge in [0.15, 0.2) is 0 Å². The van der Waals surface area contributed by atoms with E-state index in [4.69, 9.17) is 10.6 Å². The van der Waals surface area contributed by atoms with Gasteiger partial charge in [0.2, 0.25) is 0 Å². The maximum absolute atomic E-state index is 5.81. The Bertz CT molecular complexity index is 366. The van der Waals surface area contributed by atoms with Crippen molar-refractivity contribution in [3.63, 3.8) is 0 Å². The highest BCUT2D eigenvalue weighted by Gasteiger charge is 2.31. The SMILES string of the molecule is COCCC(C)C(NN)C1CCCc2sccc21. The Hall–Kier alpha value is -0.420. The van der Waals surface area contributed by atoms with E-state index in [2.05, 4.69) is 23.8 Å². The summed E-state index contributed by atoms with van der Waals surface area (Å²) < 4.78 is 5.18. The molecule has 1 heterocycles. The normalized spacial score (nSPS) is 22.5. The van der Waals surface area contributed by atoms with Crippen LogP contribution in [0, 0.1) is 5.92 Å². The van der Waals surface area contributed by atoms with E-state index < -0.39 is 0 Å². The summed E-state index contributed by atoms with van der Waals surface area (Å²) in [6.45, 7) is 3.08. The summed E-state index contributed by atoms with van der Waals surface area (Å²) in [4.78, 5) is 1.56. The molecular formula is C14H24N2OS. The van der Waals surface area contributed by atoms with Crippen LogP contribution < -0.4 is 11.3 Å². The van der Waals surface area contributed by atoms with Crippen LogP contribution >= 0.6 is 11.3 Å². The maximum Gasteiger partial charge on any atom is 0.0465 e. The van der Waals surface area contributed by atoms with Gasteiger partial charge in [-0.25, -0.2) is 0 Å². The minimum Gasteiger partial charge on any atom is -0.385 e. The van der Waals surface area contributed by atoms with Crippen molar-refractivity contribution in [3.05, 3.63) is 21.9 Å². The topological polar surface area (TPSA) is 47.3 Å². The van der Waals surface area contributed by atoms with Gasteiger partial charge in [-0.05, 0) is 48.6 Å². The molecule has 18 heavy (non-hydrogen) atoms. The average molecular weight is 268 g/mol. The Balaban J connectivity index is 2.09. The Labute approximate surface area is 114 Å². The lowest BCUT2D eigenvalue weighted by molar-refractivity contribution is 0.163. The van der Waals surface area contributed by atoms with Gasteiger partial charge >= 0.3 is 0 Å². The fourth-order valence-electron chi connectivity index (χ4n) is 3.06. The Morgan fingerprint density at radius 1 is 1.61 bits per heavy atom. The van der Waals surface area contributed by atoms with Gasteiger partial charge in [0.25, 0.3) is 0 Å². The number of hydrogen-bond acceptors (Lipinski definition) is 4. The average Bonchev–Trinajstić information content (AvgIpc) is 2.86. The summed E-state index contributed by atoms with van der Waals surface area (Å²) in [6.07, 6.45) is 4.83. The van der Waals surface area contributed by atoms with Crippen LogP contribution in [0.4, 0.5) is 0 Å². The zero-order valence-electron chi connectivity index (χ0n) is 11.3. The lowest BCUT2D eigenvalue weighted by atomic mass is 9.77. The van der Waals surface area contributed by atoms with Gasteiger partial charge < -0.3 is 4.74 Å². The number of nitrogens with two attached hydrogens (primary N) is 1. The van der Waals surface area contributed by atoms with Crippen LogP contribution in [0.5, 0.6) is 0 Å². The molecule has 0 radical (unpaired) electrons. The van der Waals surface area contributed by atoms with Crippen LogP contribution in [0.15, 0.2) is 11.4 Å². The molecule has 1 aromatic heterocycles. The van der Waals surface area contributed by atoms with Crippen LogP contribution in [-0.4, -0.2) is 19.8 Å². The van der Waals surface area contributed by atoms with Crippen molar-refractivity contribution in [3.8, 4) is 0 Å². The first-order chi connectivity index (χ1) is 8.77. The van der Waals surface area contributed by atoms with Gasteiger partial charge in [-0.1, -0.05) is 6.92 Å². The fraction of sp³-hybridized carbons (Fsp3) is 0.714. The van der Waals surface area contributed by atoms with Gasteiger partial charge in [-0.3, -0.25) is 11.3 Å². The Kier molecular flexibility index (Phi) is 5.18. The molecular weight excluding hydrogens is 244 g/mol. The third-order valence-electron chi connectivity index (χ3n) is 4.11. The van der Waals surface area contributed by atoms with Crippen LogP contribution in [0.1, 0.15) is 42.5 Å². The molecule has 1 aliphatic carbocycles. The first kappa shape index (κ1) is 14.0. The Morgan fingerprint density at radius 2 is 2.44 bits per heavy atom. The quantitative estimate of drug-likeness (QED) is 0.616. The van der Waals surface area contributed by atoms with E-state index in [9.17, 15) is 0 Å². The lowest BCUT2D eigenvalue weighted by Crippen LogP contribution is -2.45. The van der Waals surface area contributed by atoms with Crippen molar-refractivity contribution < 1.29 is 4.74 Å². The molecule has 0 bridgehead atoms. The highest BCUT2D eigenvalue weighted by atomic mass is 32.1. The molecule has 3 nitrogen and oxygen atoms in total. The minimum atomic E-state index is 0.355. The predicted octanol–water partition coefficient (Wildman–Crippen LogP) is 2.67. The van der Waals surface area contributed by atoms with E-state index in [1.165, 1.54) is 24.8 Å². The van der Waals surface area contributed by atoms with E-state index in [0.29, 0.717) is 17.9 Å². The molecule has 3 atom stereocenters. The van der Waals surface area contributed by atoms with Crippen molar-refractivity contribution in [1.82, 2.24) is 5.43 Å². The second-order valence-electron chi connectivity index (χ2n) is 5.25. The van der Waals surface area contributed by atoms with E-state index in [0.717, 1.165) is 13.0 Å². The molecule has 0 amide bonds. The summed E-state index contributed by atoms with van der Waals surface area (Å²) in [6, 6.07) is 2.64. The van der Waals surface area contributed by atoms with Crippen LogP contribution in [-0.2, 0) is 11.2 Å². The number of hydrazine groups is 1. The molecule has 0 fully saturated rings. The summed E-state index contributed by atoms with van der Waals surface area (Å²) in [5, 5.41) is 2.22. The third-order valence-corrected chi connectivity index (χ3v) is 5.11. The first-order valence-corrected chi connectivity index (χ1v) is 7.67. The molecule has 0 saturated heterocycles. The van der Waals surface area contributed by atoms with Gasteiger partial charge in [0, 0.05) is 30.6 Å². The van der Waals surface area contributed by atoms with Crippen molar-refractivity contribution in [1.29, 1.82) is 0 Å². The monoisotopic (exact) mass is 268 g/mol. The lowest BCUT2D eigenvalue weighted by Gasteiger charge is -2.34. The summed E-state index contributed by atoms with van der Waals surface area (Å²) in [5.74, 6) is 6.91. The summed E-state index contributed by atoms with van der Waals surface area (Å²) in [7, 11) is 1.76. The summed E-state index contributed by atoms with van der Waals surface area (Å²) >= 11 is 1.89. The zero-order valence-corrected chi connectivity index (χ0v) is 12.1. The molecule has 3 N–H and O–H groups in total. The Morgan fingerprint density at radius 3 is 3.17 bits per heavy atom. The smallest absolute Gasteiger partial charge is 0.0465 e. The van der Waals surface area contributed by atoms with Crippen molar-refractivity contribution in [2.45, 2.75) is 44.6 Å². The van der Waals surface area contributed by atoms with Crippen molar-refractivity contribution in [2.24, 2.45) is 11.8 Å².